The molecule has 0 unspecified atom stereocenters. The lowest BCUT2D eigenvalue weighted by atomic mass is 10.1. The number of hydrogen-bond acceptors (Lipinski definition) is 3. The first-order valence-electron chi connectivity index (χ1n) is 4.86. The lowest BCUT2D eigenvalue weighted by Gasteiger charge is -2.30. The van der Waals surface area contributed by atoms with E-state index in [1.54, 1.807) is 0 Å². The van der Waals surface area contributed by atoms with E-state index in [2.05, 4.69) is 41.5 Å². The van der Waals surface area contributed by atoms with E-state index >= 15 is 0 Å². The van der Waals surface area contributed by atoms with E-state index in [9.17, 15) is 0 Å². The molecule has 14 heavy (non-hydrogen) atoms. The highest BCUT2D eigenvalue weighted by Crippen LogP contribution is 2.17. The second-order valence-corrected chi connectivity index (χ2v) is 5.82. The molecule has 0 bridgehead atoms. The van der Waals surface area contributed by atoms with Gasteiger partial charge in [-0.1, -0.05) is 0 Å². The van der Waals surface area contributed by atoms with Gasteiger partial charge in [-0.2, -0.15) is 0 Å². The molecule has 0 aliphatic heterocycles. The predicted molar refractivity (Wildman–Crippen MR) is 59.1 cm³/mol. The van der Waals surface area contributed by atoms with Gasteiger partial charge >= 0.3 is 0 Å². The number of ether oxygens (including phenoxy) is 1. The quantitative estimate of drug-likeness (QED) is 0.598. The fourth-order valence-electron chi connectivity index (χ4n) is 0.919. The van der Waals surface area contributed by atoms with Gasteiger partial charge in [-0.25, -0.2) is 0 Å². The highest BCUT2D eigenvalue weighted by molar-refractivity contribution is 4.68. The van der Waals surface area contributed by atoms with Crippen LogP contribution in [0.1, 0.15) is 55.4 Å². The summed E-state index contributed by atoms with van der Waals surface area (Å²) >= 11 is 0. The van der Waals surface area contributed by atoms with Crippen LogP contribution in [0.2, 0.25) is 0 Å². The Bertz CT molecular complexity index is 125. The van der Waals surface area contributed by atoms with E-state index in [4.69, 9.17) is 14.9 Å². The van der Waals surface area contributed by atoms with Crippen LogP contribution in [0.15, 0.2) is 0 Å². The predicted octanol–water partition coefficient (Wildman–Crippen LogP) is 2.31. The minimum absolute atomic E-state index is 0.0156. The Hall–Kier alpha value is -0.120. The second-order valence-electron chi connectivity index (χ2n) is 5.82. The fourth-order valence-corrected chi connectivity index (χ4v) is 0.919. The first kappa shape index (κ1) is 16.3. The molecule has 0 aromatic carbocycles. The Morgan fingerprint density at radius 1 is 0.643 bits per heavy atom. The van der Waals surface area contributed by atoms with Crippen LogP contribution in [0.25, 0.3) is 0 Å². The van der Waals surface area contributed by atoms with Crippen LogP contribution in [0.5, 0.6) is 0 Å². The zero-order valence-corrected chi connectivity index (χ0v) is 10.8. The molecule has 0 aromatic rings. The van der Waals surface area contributed by atoms with Crippen molar-refractivity contribution in [2.75, 3.05) is 0 Å². The normalized spacial score (nSPS) is 13.3. The molecule has 0 radical (unpaired) electrons. The molecule has 3 nitrogen and oxygen atoms in total. The smallest absolute Gasteiger partial charge is 0.156 e. The molecule has 0 amide bonds. The Labute approximate surface area is 88.1 Å². The molecule has 0 rings (SSSR count). The summed E-state index contributed by atoms with van der Waals surface area (Å²) in [5.41, 5.74) is -0.0312. The Morgan fingerprint density at radius 2 is 0.786 bits per heavy atom. The summed E-state index contributed by atoms with van der Waals surface area (Å²) in [7, 11) is 0. The monoisotopic (exact) mass is 206 g/mol. The standard InChI is InChI=1S/C8H18O.C3H8O2/c1-7(2,3)9-8(4,5)6;1-3(2,4)5/h1-6H3;4-5H,1-2H3. The van der Waals surface area contributed by atoms with Gasteiger partial charge in [0.1, 0.15) is 0 Å². The van der Waals surface area contributed by atoms with Gasteiger partial charge in [0, 0.05) is 0 Å². The molecule has 0 aromatic heterocycles. The molecule has 0 aliphatic carbocycles. The van der Waals surface area contributed by atoms with Gasteiger partial charge < -0.3 is 14.9 Å². The highest BCUT2D eigenvalue weighted by Gasteiger charge is 2.19. The fraction of sp³-hybridized carbons (Fsp3) is 1.00. The van der Waals surface area contributed by atoms with Crippen molar-refractivity contribution in [1.82, 2.24) is 0 Å². The number of aliphatic hydroxyl groups is 2. The van der Waals surface area contributed by atoms with E-state index in [1.807, 2.05) is 0 Å². The second kappa shape index (κ2) is 5.10. The van der Waals surface area contributed by atoms with Gasteiger partial charge in [0.05, 0.1) is 11.2 Å². The van der Waals surface area contributed by atoms with Gasteiger partial charge in [0.15, 0.2) is 5.79 Å². The van der Waals surface area contributed by atoms with Crippen molar-refractivity contribution in [2.45, 2.75) is 72.4 Å². The van der Waals surface area contributed by atoms with Gasteiger partial charge in [-0.15, -0.1) is 0 Å². The number of hydrogen-bond donors (Lipinski definition) is 2. The lowest BCUT2D eigenvalue weighted by Crippen LogP contribution is -2.31. The molecular formula is C11H26O3. The summed E-state index contributed by atoms with van der Waals surface area (Å²) < 4.78 is 5.62. The van der Waals surface area contributed by atoms with Crippen LogP contribution >= 0.6 is 0 Å². The van der Waals surface area contributed by atoms with E-state index in [1.165, 1.54) is 13.8 Å². The summed E-state index contributed by atoms with van der Waals surface area (Å²) in [5, 5.41) is 16.2. The Morgan fingerprint density at radius 3 is 0.786 bits per heavy atom. The minimum Gasteiger partial charge on any atom is -0.370 e. The highest BCUT2D eigenvalue weighted by atomic mass is 16.5. The van der Waals surface area contributed by atoms with Crippen molar-refractivity contribution < 1.29 is 14.9 Å². The SMILES string of the molecule is CC(C)(C)OC(C)(C)C.CC(C)(O)O. The molecule has 0 saturated heterocycles. The molecule has 0 atom stereocenters. The van der Waals surface area contributed by atoms with Crippen molar-refractivity contribution in [1.29, 1.82) is 0 Å². The lowest BCUT2D eigenvalue weighted by molar-refractivity contribution is -0.127. The Balaban J connectivity index is 0. The van der Waals surface area contributed by atoms with E-state index < -0.39 is 5.79 Å². The molecule has 0 spiro atoms. The molecular weight excluding hydrogens is 180 g/mol. The minimum atomic E-state index is -1.50. The van der Waals surface area contributed by atoms with Crippen LogP contribution < -0.4 is 0 Å². The summed E-state index contributed by atoms with van der Waals surface area (Å²) in [6.07, 6.45) is 0. The largest absolute Gasteiger partial charge is 0.370 e. The molecule has 2 N–H and O–H groups in total. The van der Waals surface area contributed by atoms with Crippen LogP contribution in [0.4, 0.5) is 0 Å². The maximum Gasteiger partial charge on any atom is 0.156 e. The van der Waals surface area contributed by atoms with Gasteiger partial charge in [-0.3, -0.25) is 0 Å². The third-order valence-corrected chi connectivity index (χ3v) is 0.612. The first-order chi connectivity index (χ1) is 5.71. The maximum absolute atomic E-state index is 8.08. The van der Waals surface area contributed by atoms with E-state index in [0.29, 0.717) is 0 Å². The molecule has 0 aliphatic rings. The average molecular weight is 206 g/mol. The third kappa shape index (κ3) is 40.7. The van der Waals surface area contributed by atoms with Gasteiger partial charge in [0.2, 0.25) is 0 Å². The molecule has 88 valence electrons. The van der Waals surface area contributed by atoms with E-state index in [-0.39, 0.29) is 11.2 Å². The molecule has 3 heteroatoms. The van der Waals surface area contributed by atoms with Crippen molar-refractivity contribution in [3.63, 3.8) is 0 Å². The van der Waals surface area contributed by atoms with Crippen molar-refractivity contribution >= 4 is 0 Å². The summed E-state index contributed by atoms with van der Waals surface area (Å²) in [6.45, 7) is 15.0. The first-order valence-corrected chi connectivity index (χ1v) is 4.86. The zero-order valence-electron chi connectivity index (χ0n) is 10.8. The Kier molecular flexibility index (Phi) is 5.94. The van der Waals surface area contributed by atoms with Crippen LogP contribution in [0, 0.1) is 0 Å². The van der Waals surface area contributed by atoms with Crippen molar-refractivity contribution in [3.05, 3.63) is 0 Å². The summed E-state index contributed by atoms with van der Waals surface area (Å²) in [6, 6.07) is 0. The van der Waals surface area contributed by atoms with Crippen LogP contribution in [-0.4, -0.2) is 27.2 Å². The van der Waals surface area contributed by atoms with Gasteiger partial charge in [0.25, 0.3) is 0 Å². The van der Waals surface area contributed by atoms with Crippen molar-refractivity contribution in [3.8, 4) is 0 Å². The number of rotatable bonds is 0. The molecule has 0 heterocycles. The summed E-state index contributed by atoms with van der Waals surface area (Å²) in [4.78, 5) is 0. The maximum atomic E-state index is 8.08. The zero-order chi connectivity index (χ0) is 12.2. The van der Waals surface area contributed by atoms with Crippen LogP contribution in [-0.2, 0) is 4.74 Å². The van der Waals surface area contributed by atoms with Crippen LogP contribution in [0.3, 0.4) is 0 Å². The van der Waals surface area contributed by atoms with Gasteiger partial charge in [-0.05, 0) is 55.4 Å². The topological polar surface area (TPSA) is 49.7 Å². The molecule has 0 saturated carbocycles. The molecule has 0 fully saturated rings. The van der Waals surface area contributed by atoms with Crippen molar-refractivity contribution in [2.24, 2.45) is 0 Å². The average Bonchev–Trinajstić information content (AvgIpc) is 1.42. The van der Waals surface area contributed by atoms with E-state index in [0.717, 1.165) is 0 Å². The third-order valence-electron chi connectivity index (χ3n) is 0.612. The summed E-state index contributed by atoms with van der Waals surface area (Å²) in [5.74, 6) is -1.50.